The van der Waals surface area contributed by atoms with Crippen LogP contribution in [-0.4, -0.2) is 27.0 Å². The van der Waals surface area contributed by atoms with Gasteiger partial charge in [-0.25, -0.2) is 14.8 Å². The molecule has 0 saturated heterocycles. The van der Waals surface area contributed by atoms with Crippen LogP contribution in [-0.2, 0) is 5.54 Å². The fourth-order valence-electron chi connectivity index (χ4n) is 1.71. The Kier molecular flexibility index (Phi) is 4.04. The molecule has 2 aromatic rings. The fraction of sp³-hybridized carbons (Fsp3) is 0.286. The number of aromatic nitrogens is 2. The summed E-state index contributed by atoms with van der Waals surface area (Å²) < 4.78 is 0. The van der Waals surface area contributed by atoms with Gasteiger partial charge in [0, 0.05) is 17.3 Å². The molecule has 0 aliphatic carbocycles. The number of pyridine rings is 1. The minimum atomic E-state index is -1.12. The van der Waals surface area contributed by atoms with Crippen molar-refractivity contribution in [2.24, 2.45) is 0 Å². The van der Waals surface area contributed by atoms with E-state index < -0.39 is 11.5 Å². The number of carbonyl (C=O) groups excluding carboxylic acids is 1. The second-order valence-corrected chi connectivity index (χ2v) is 5.97. The number of hydrogen-bond donors (Lipinski definition) is 2. The van der Waals surface area contributed by atoms with Crippen LogP contribution in [0.15, 0.2) is 23.7 Å². The first-order chi connectivity index (χ1) is 9.79. The first-order valence-corrected chi connectivity index (χ1v) is 7.12. The second kappa shape index (κ2) is 5.61. The van der Waals surface area contributed by atoms with Crippen LogP contribution in [0.1, 0.15) is 45.4 Å². The van der Waals surface area contributed by atoms with Crippen LogP contribution in [0.25, 0.3) is 0 Å². The summed E-state index contributed by atoms with van der Waals surface area (Å²) in [5.41, 5.74) is 0.508. The van der Waals surface area contributed by atoms with Gasteiger partial charge < -0.3 is 10.4 Å². The highest BCUT2D eigenvalue weighted by atomic mass is 32.1. The number of carboxylic acids is 1. The van der Waals surface area contributed by atoms with Crippen molar-refractivity contribution >= 4 is 23.2 Å². The number of amides is 1. The van der Waals surface area contributed by atoms with E-state index in [9.17, 15) is 9.59 Å². The molecule has 0 spiro atoms. The standard InChI is InChI=1S/C14H15N3O3S/c1-8-7-21-13(16-8)14(2,3)17-11(18)9-4-5-10(12(19)20)15-6-9/h4-7H,1-3H3,(H,17,18)(H,19,20). The van der Waals surface area contributed by atoms with Crippen molar-refractivity contribution in [3.05, 3.63) is 45.7 Å². The molecule has 21 heavy (non-hydrogen) atoms. The Morgan fingerprint density at radius 1 is 1.33 bits per heavy atom. The SMILES string of the molecule is Cc1csc(C(C)(C)NC(=O)c2ccc(C(=O)O)nc2)n1. The van der Waals surface area contributed by atoms with Crippen molar-refractivity contribution in [2.45, 2.75) is 26.3 Å². The van der Waals surface area contributed by atoms with E-state index in [-0.39, 0.29) is 11.6 Å². The maximum Gasteiger partial charge on any atom is 0.354 e. The lowest BCUT2D eigenvalue weighted by Crippen LogP contribution is -2.41. The Labute approximate surface area is 125 Å². The first kappa shape index (κ1) is 15.1. The van der Waals surface area contributed by atoms with Gasteiger partial charge in [-0.3, -0.25) is 4.79 Å². The molecular formula is C14H15N3O3S. The van der Waals surface area contributed by atoms with Gasteiger partial charge in [0.25, 0.3) is 5.91 Å². The van der Waals surface area contributed by atoms with Gasteiger partial charge in [0.2, 0.25) is 0 Å². The molecule has 0 bridgehead atoms. The van der Waals surface area contributed by atoms with Gasteiger partial charge in [-0.05, 0) is 32.9 Å². The van der Waals surface area contributed by atoms with E-state index in [2.05, 4.69) is 15.3 Å². The van der Waals surface area contributed by atoms with E-state index in [0.29, 0.717) is 5.56 Å². The summed E-state index contributed by atoms with van der Waals surface area (Å²) in [6.45, 7) is 5.62. The van der Waals surface area contributed by atoms with Gasteiger partial charge in [-0.2, -0.15) is 0 Å². The summed E-state index contributed by atoms with van der Waals surface area (Å²) in [5, 5.41) is 14.4. The molecule has 0 saturated carbocycles. The predicted molar refractivity (Wildman–Crippen MR) is 78.5 cm³/mol. The van der Waals surface area contributed by atoms with Gasteiger partial charge in [0.05, 0.1) is 11.1 Å². The number of aryl methyl sites for hydroxylation is 1. The zero-order valence-corrected chi connectivity index (χ0v) is 12.7. The number of nitrogens with zero attached hydrogens (tertiary/aromatic N) is 2. The summed E-state index contributed by atoms with van der Waals surface area (Å²) in [6, 6.07) is 2.74. The minimum absolute atomic E-state index is 0.0960. The van der Waals surface area contributed by atoms with E-state index in [0.717, 1.165) is 10.7 Å². The summed E-state index contributed by atoms with van der Waals surface area (Å²) in [5.74, 6) is -1.45. The molecule has 2 aromatic heterocycles. The van der Waals surface area contributed by atoms with Crippen LogP contribution in [0.3, 0.4) is 0 Å². The Hall–Kier alpha value is -2.28. The van der Waals surface area contributed by atoms with E-state index >= 15 is 0 Å². The Morgan fingerprint density at radius 2 is 2.05 bits per heavy atom. The van der Waals surface area contributed by atoms with Crippen LogP contribution >= 0.6 is 11.3 Å². The zero-order valence-electron chi connectivity index (χ0n) is 11.9. The fourth-order valence-corrected chi connectivity index (χ4v) is 2.58. The van der Waals surface area contributed by atoms with E-state index in [4.69, 9.17) is 5.11 Å². The molecule has 6 nitrogen and oxygen atoms in total. The molecule has 0 radical (unpaired) electrons. The third-order valence-electron chi connectivity index (χ3n) is 2.82. The topological polar surface area (TPSA) is 92.2 Å². The second-order valence-electron chi connectivity index (χ2n) is 5.11. The summed E-state index contributed by atoms with van der Waals surface area (Å²) >= 11 is 1.48. The van der Waals surface area contributed by atoms with Crippen LogP contribution in [0, 0.1) is 6.92 Å². The number of carboxylic acid groups (broad SMARTS) is 1. The maximum atomic E-state index is 12.2. The highest BCUT2D eigenvalue weighted by molar-refractivity contribution is 7.09. The van der Waals surface area contributed by atoms with E-state index in [1.54, 1.807) is 0 Å². The van der Waals surface area contributed by atoms with Crippen LogP contribution in [0.2, 0.25) is 0 Å². The van der Waals surface area contributed by atoms with Gasteiger partial charge in [0.1, 0.15) is 10.7 Å². The summed E-state index contributed by atoms with van der Waals surface area (Å²) in [7, 11) is 0. The molecule has 2 N–H and O–H groups in total. The van der Waals surface area contributed by atoms with Gasteiger partial charge in [0.15, 0.2) is 0 Å². The minimum Gasteiger partial charge on any atom is -0.477 e. The highest BCUT2D eigenvalue weighted by Crippen LogP contribution is 2.24. The molecule has 110 valence electrons. The van der Waals surface area contributed by atoms with Crippen molar-refractivity contribution in [1.82, 2.24) is 15.3 Å². The van der Waals surface area contributed by atoms with Crippen molar-refractivity contribution < 1.29 is 14.7 Å². The molecule has 0 atom stereocenters. The molecule has 7 heteroatoms. The Bertz CT molecular complexity index is 677. The number of thiazole rings is 1. The largest absolute Gasteiger partial charge is 0.477 e. The van der Waals surface area contributed by atoms with Crippen molar-refractivity contribution in [3.63, 3.8) is 0 Å². The zero-order chi connectivity index (χ0) is 15.6. The quantitative estimate of drug-likeness (QED) is 0.903. The molecule has 0 unspecified atom stereocenters. The molecule has 0 aliphatic heterocycles. The van der Waals surface area contributed by atoms with Crippen molar-refractivity contribution in [2.75, 3.05) is 0 Å². The Balaban J connectivity index is 2.15. The normalized spacial score (nSPS) is 11.2. The van der Waals surface area contributed by atoms with E-state index in [1.165, 1.54) is 29.7 Å². The summed E-state index contributed by atoms with van der Waals surface area (Å²) in [4.78, 5) is 31.0. The van der Waals surface area contributed by atoms with Crippen LogP contribution in [0.4, 0.5) is 0 Å². The molecule has 0 aliphatic rings. The van der Waals surface area contributed by atoms with Crippen LogP contribution < -0.4 is 5.32 Å². The lowest BCUT2D eigenvalue weighted by Gasteiger charge is -2.23. The number of carbonyl (C=O) groups is 2. The lowest BCUT2D eigenvalue weighted by atomic mass is 10.1. The van der Waals surface area contributed by atoms with Gasteiger partial charge in [-0.1, -0.05) is 0 Å². The van der Waals surface area contributed by atoms with Crippen molar-refractivity contribution in [1.29, 1.82) is 0 Å². The average molecular weight is 305 g/mol. The number of hydrogen-bond acceptors (Lipinski definition) is 5. The smallest absolute Gasteiger partial charge is 0.354 e. The Morgan fingerprint density at radius 3 is 2.52 bits per heavy atom. The highest BCUT2D eigenvalue weighted by Gasteiger charge is 2.26. The van der Waals surface area contributed by atoms with Crippen molar-refractivity contribution in [3.8, 4) is 0 Å². The number of rotatable bonds is 4. The molecule has 0 fully saturated rings. The van der Waals surface area contributed by atoms with Gasteiger partial charge in [-0.15, -0.1) is 11.3 Å². The molecule has 2 heterocycles. The predicted octanol–water partition coefficient (Wildman–Crippen LogP) is 2.21. The van der Waals surface area contributed by atoms with Crippen LogP contribution in [0.5, 0.6) is 0 Å². The average Bonchev–Trinajstić information content (AvgIpc) is 2.86. The third kappa shape index (κ3) is 3.43. The lowest BCUT2D eigenvalue weighted by molar-refractivity contribution is 0.0689. The molecule has 2 rings (SSSR count). The molecule has 1 amide bonds. The monoisotopic (exact) mass is 305 g/mol. The van der Waals surface area contributed by atoms with Gasteiger partial charge >= 0.3 is 5.97 Å². The number of nitrogens with one attached hydrogen (secondary N) is 1. The third-order valence-corrected chi connectivity index (χ3v) is 4.11. The first-order valence-electron chi connectivity index (χ1n) is 6.24. The molecular weight excluding hydrogens is 290 g/mol. The summed E-state index contributed by atoms with van der Waals surface area (Å²) in [6.07, 6.45) is 1.25. The maximum absolute atomic E-state index is 12.2. The van der Waals surface area contributed by atoms with E-state index in [1.807, 2.05) is 26.2 Å². The number of aromatic carboxylic acids is 1. The molecule has 0 aromatic carbocycles.